The summed E-state index contributed by atoms with van der Waals surface area (Å²) in [6.45, 7) is 0.216. The third kappa shape index (κ3) is 3.85. The molecule has 0 spiro atoms. The predicted octanol–water partition coefficient (Wildman–Crippen LogP) is 1.85. The van der Waals surface area contributed by atoms with Crippen LogP contribution in [0, 0.1) is 0 Å². The zero-order chi connectivity index (χ0) is 16.2. The maximum atomic E-state index is 12.5. The highest BCUT2D eigenvalue weighted by molar-refractivity contribution is 5.75. The third-order valence-electron chi connectivity index (χ3n) is 5.14. The molecule has 5 heteroatoms. The van der Waals surface area contributed by atoms with E-state index in [9.17, 15) is 15.0 Å². The average Bonchev–Trinajstić information content (AvgIpc) is 2.97. The predicted molar refractivity (Wildman–Crippen MR) is 88.2 cm³/mol. The van der Waals surface area contributed by atoms with Crippen LogP contribution in [0.4, 0.5) is 4.79 Å². The first-order valence-electron chi connectivity index (χ1n) is 8.58. The Balaban J connectivity index is 1.58. The van der Waals surface area contributed by atoms with Gasteiger partial charge in [-0.25, -0.2) is 4.79 Å². The molecule has 0 radical (unpaired) electrons. The van der Waals surface area contributed by atoms with E-state index in [2.05, 4.69) is 29.6 Å². The molecule has 2 fully saturated rings. The topological polar surface area (TPSA) is 72.8 Å². The van der Waals surface area contributed by atoms with Gasteiger partial charge in [0, 0.05) is 12.6 Å². The molecule has 1 aliphatic carbocycles. The van der Waals surface area contributed by atoms with Gasteiger partial charge in [-0.15, -0.1) is 0 Å². The lowest BCUT2D eigenvalue weighted by Gasteiger charge is -2.32. The van der Waals surface area contributed by atoms with Gasteiger partial charge in [-0.05, 0) is 37.2 Å². The number of carbonyl (C=O) groups is 1. The minimum Gasteiger partial charge on any atom is -0.394 e. The number of amides is 2. The monoisotopic (exact) mass is 318 g/mol. The minimum absolute atomic E-state index is 0.0954. The highest BCUT2D eigenvalue weighted by Crippen LogP contribution is 2.33. The number of β-amino-alcohol motifs (C(OH)–C–C–N with tert-alkyl or cyclic N) is 1. The number of urea groups is 1. The van der Waals surface area contributed by atoms with Crippen molar-refractivity contribution in [3.8, 4) is 0 Å². The van der Waals surface area contributed by atoms with Gasteiger partial charge in [-0.1, -0.05) is 36.8 Å². The lowest BCUT2D eigenvalue weighted by Crippen LogP contribution is -2.49. The molecule has 3 N–H and O–H groups in total. The lowest BCUT2D eigenvalue weighted by atomic mass is 9.81. The molecular formula is C18H26N2O3. The van der Waals surface area contributed by atoms with Crippen LogP contribution in [0.5, 0.6) is 0 Å². The maximum absolute atomic E-state index is 12.5. The Morgan fingerprint density at radius 2 is 2.00 bits per heavy atom. The molecule has 1 aromatic carbocycles. The Kier molecular flexibility index (Phi) is 5.18. The van der Waals surface area contributed by atoms with Crippen molar-refractivity contribution in [3.63, 3.8) is 0 Å². The van der Waals surface area contributed by atoms with Gasteiger partial charge in [0.05, 0.1) is 18.8 Å². The molecule has 3 rings (SSSR count). The van der Waals surface area contributed by atoms with Crippen LogP contribution in [0.15, 0.2) is 30.3 Å². The maximum Gasteiger partial charge on any atom is 0.318 e. The number of benzene rings is 1. The van der Waals surface area contributed by atoms with Crippen molar-refractivity contribution in [1.82, 2.24) is 10.2 Å². The van der Waals surface area contributed by atoms with Crippen molar-refractivity contribution in [3.05, 3.63) is 35.9 Å². The second-order valence-corrected chi connectivity index (χ2v) is 6.80. The molecule has 1 aliphatic heterocycles. The summed E-state index contributed by atoms with van der Waals surface area (Å²) >= 11 is 0. The summed E-state index contributed by atoms with van der Waals surface area (Å²) in [5, 5.41) is 22.2. The third-order valence-corrected chi connectivity index (χ3v) is 5.14. The molecule has 1 saturated heterocycles. The minimum atomic E-state index is -0.527. The van der Waals surface area contributed by atoms with Gasteiger partial charge in [-0.2, -0.15) is 0 Å². The van der Waals surface area contributed by atoms with E-state index in [1.165, 1.54) is 5.56 Å². The highest BCUT2D eigenvalue weighted by Gasteiger charge is 2.35. The Bertz CT molecular complexity index is 522. The van der Waals surface area contributed by atoms with E-state index in [1.807, 2.05) is 6.07 Å². The average molecular weight is 318 g/mol. The van der Waals surface area contributed by atoms with Crippen LogP contribution in [0.1, 0.15) is 43.6 Å². The number of likely N-dealkylation sites (tertiary alicyclic amines) is 1. The Morgan fingerprint density at radius 3 is 2.74 bits per heavy atom. The fraction of sp³-hybridized carbons (Fsp3) is 0.611. The van der Waals surface area contributed by atoms with E-state index < -0.39 is 6.10 Å². The quantitative estimate of drug-likeness (QED) is 0.796. The van der Waals surface area contributed by atoms with E-state index in [-0.39, 0.29) is 24.7 Å². The Labute approximate surface area is 137 Å². The fourth-order valence-corrected chi connectivity index (χ4v) is 3.92. The van der Waals surface area contributed by atoms with Gasteiger partial charge in [0.2, 0.25) is 0 Å². The number of hydrogen-bond acceptors (Lipinski definition) is 3. The van der Waals surface area contributed by atoms with Gasteiger partial charge >= 0.3 is 6.03 Å². The molecule has 0 aromatic heterocycles. The van der Waals surface area contributed by atoms with Crippen molar-refractivity contribution in [1.29, 1.82) is 0 Å². The SMILES string of the molecule is O=C(NC1CCCC(c2ccccc2)C1)N1C[C@@H](O)C[C@H]1CO. The Morgan fingerprint density at radius 1 is 1.22 bits per heavy atom. The molecule has 1 heterocycles. The molecule has 126 valence electrons. The largest absolute Gasteiger partial charge is 0.394 e. The molecule has 4 atom stereocenters. The zero-order valence-corrected chi connectivity index (χ0v) is 13.4. The van der Waals surface area contributed by atoms with Crippen LogP contribution in [0.2, 0.25) is 0 Å². The molecule has 0 bridgehead atoms. The summed E-state index contributed by atoms with van der Waals surface area (Å²) in [7, 11) is 0. The standard InChI is InChI=1S/C18H26N2O3/c21-12-16-10-17(22)11-20(16)18(23)19-15-8-4-7-14(9-15)13-5-2-1-3-6-13/h1-3,5-6,14-17,21-22H,4,7-12H2,(H,19,23)/t14?,15?,16-,17-/m0/s1. The molecule has 23 heavy (non-hydrogen) atoms. The molecular weight excluding hydrogens is 292 g/mol. The van der Waals surface area contributed by atoms with E-state index in [1.54, 1.807) is 4.90 Å². The fourth-order valence-electron chi connectivity index (χ4n) is 3.92. The second-order valence-electron chi connectivity index (χ2n) is 6.80. The first-order valence-corrected chi connectivity index (χ1v) is 8.58. The first kappa shape index (κ1) is 16.3. The molecule has 2 aliphatic rings. The smallest absolute Gasteiger partial charge is 0.318 e. The summed E-state index contributed by atoms with van der Waals surface area (Å²) in [6, 6.07) is 10.2. The van der Waals surface area contributed by atoms with Crippen molar-refractivity contribution >= 4 is 6.03 Å². The van der Waals surface area contributed by atoms with Crippen LogP contribution >= 0.6 is 0 Å². The van der Waals surface area contributed by atoms with Crippen LogP contribution in [0.3, 0.4) is 0 Å². The second kappa shape index (κ2) is 7.32. The normalized spacial score (nSPS) is 31.1. The van der Waals surface area contributed by atoms with Crippen LogP contribution in [-0.2, 0) is 0 Å². The molecule has 1 saturated carbocycles. The van der Waals surface area contributed by atoms with E-state index in [4.69, 9.17) is 0 Å². The number of aliphatic hydroxyl groups excluding tert-OH is 2. The van der Waals surface area contributed by atoms with Crippen molar-refractivity contribution in [2.24, 2.45) is 0 Å². The van der Waals surface area contributed by atoms with Gasteiger partial charge in [0.1, 0.15) is 0 Å². The molecule has 2 unspecified atom stereocenters. The number of nitrogens with zero attached hydrogens (tertiary/aromatic N) is 1. The van der Waals surface area contributed by atoms with Crippen LogP contribution < -0.4 is 5.32 Å². The van der Waals surface area contributed by atoms with E-state index in [0.717, 1.165) is 25.7 Å². The first-order chi connectivity index (χ1) is 11.2. The summed E-state index contributed by atoms with van der Waals surface area (Å²) in [4.78, 5) is 14.0. The summed E-state index contributed by atoms with van der Waals surface area (Å²) in [5.74, 6) is 0.494. The number of carbonyl (C=O) groups excluding carboxylic acids is 1. The highest BCUT2D eigenvalue weighted by atomic mass is 16.3. The van der Waals surface area contributed by atoms with Gasteiger partial charge in [-0.3, -0.25) is 0 Å². The molecule has 5 nitrogen and oxygen atoms in total. The molecule has 2 amide bonds. The van der Waals surface area contributed by atoms with E-state index >= 15 is 0 Å². The van der Waals surface area contributed by atoms with Crippen molar-refractivity contribution < 1.29 is 15.0 Å². The van der Waals surface area contributed by atoms with E-state index in [0.29, 0.717) is 18.9 Å². The summed E-state index contributed by atoms with van der Waals surface area (Å²) in [6.07, 6.45) is 4.16. The van der Waals surface area contributed by atoms with Crippen molar-refractivity contribution in [2.75, 3.05) is 13.2 Å². The number of aliphatic hydroxyl groups is 2. The van der Waals surface area contributed by atoms with Gasteiger partial charge in [0.25, 0.3) is 0 Å². The lowest BCUT2D eigenvalue weighted by molar-refractivity contribution is 0.149. The molecule has 1 aromatic rings. The van der Waals surface area contributed by atoms with Crippen molar-refractivity contribution in [2.45, 2.75) is 56.2 Å². The van der Waals surface area contributed by atoms with Crippen LogP contribution in [-0.4, -0.2) is 52.5 Å². The number of nitrogens with one attached hydrogen (secondary N) is 1. The van der Waals surface area contributed by atoms with Crippen LogP contribution in [0.25, 0.3) is 0 Å². The summed E-state index contributed by atoms with van der Waals surface area (Å²) < 4.78 is 0. The van der Waals surface area contributed by atoms with Gasteiger partial charge in [0.15, 0.2) is 0 Å². The summed E-state index contributed by atoms with van der Waals surface area (Å²) in [5.41, 5.74) is 1.34. The van der Waals surface area contributed by atoms with Gasteiger partial charge < -0.3 is 20.4 Å². The zero-order valence-electron chi connectivity index (χ0n) is 13.4. The number of hydrogen-bond donors (Lipinski definition) is 3. The Hall–Kier alpha value is -1.59. The number of rotatable bonds is 3.